The number of aromatic nitrogens is 2. The number of benzene rings is 2. The van der Waals surface area contributed by atoms with Crippen LogP contribution >= 0.6 is 22.7 Å². The molecule has 83 heavy (non-hydrogen) atoms. The molecule has 0 unspecified atom stereocenters. The van der Waals surface area contributed by atoms with Crippen LogP contribution in [0, 0.1) is 0 Å². The van der Waals surface area contributed by atoms with Crippen LogP contribution in [0.5, 0.6) is 0 Å². The number of fused-ring (bicyclic) bond motifs is 2. The molecule has 0 saturated carbocycles. The number of anilines is 2. The number of ether oxygens (including phenoxy) is 1. The fourth-order valence-corrected chi connectivity index (χ4v) is 12.2. The molecule has 0 saturated heterocycles. The Hall–Kier alpha value is 0.192. The molecule has 2 aromatic heterocycles. The van der Waals surface area contributed by atoms with Crippen LogP contribution in [0.15, 0.2) is 52.5 Å². The van der Waals surface area contributed by atoms with Crippen LogP contribution in [0.25, 0.3) is 20.4 Å². The van der Waals surface area contributed by atoms with Gasteiger partial charge >= 0.3 is 5.97 Å². The van der Waals surface area contributed by atoms with Crippen molar-refractivity contribution < 1.29 is 14.6 Å². The van der Waals surface area contributed by atoms with Crippen molar-refractivity contribution in [3.8, 4) is 0 Å². The quantitative estimate of drug-likeness (QED) is 0.0139. The molecule has 62 heteroatoms. The lowest BCUT2D eigenvalue weighted by atomic mass is 8.24. The summed E-state index contributed by atoms with van der Waals surface area (Å²) in [6.45, 7) is 5.64. The molecular weight excluding hydrogens is 1000 g/mol. The van der Waals surface area contributed by atoms with Gasteiger partial charge < -0.3 is 15.3 Å². The summed E-state index contributed by atoms with van der Waals surface area (Å²) in [5.74, 6) is 4.82. The third kappa shape index (κ3) is 24.7. The monoisotopic (exact) mass is 1040 g/mol. The average molecular weight is 1030 g/mol. The van der Waals surface area contributed by atoms with Crippen molar-refractivity contribution >= 4 is 428 Å². The van der Waals surface area contributed by atoms with Crippen molar-refractivity contribution in [2.24, 2.45) is 10.9 Å². The van der Waals surface area contributed by atoms with Crippen LogP contribution in [-0.4, -0.2) is 401 Å². The Morgan fingerprint density at radius 2 is 0.795 bits per heavy atom. The van der Waals surface area contributed by atoms with E-state index in [1.807, 2.05) is 41.9 Å². The molecule has 0 spiro atoms. The van der Waals surface area contributed by atoms with E-state index >= 15 is 0 Å². The molecule has 2 heterocycles. The Labute approximate surface area is 550 Å². The first-order valence-electron chi connectivity index (χ1n) is 26.4. The minimum absolute atomic E-state index is 0.250. The Bertz CT molecular complexity index is 2310. The average Bonchev–Trinajstić information content (AvgIpc) is 4.15. The number of nitrogen functional groups attached to an aromatic ring is 1. The largest absolute Gasteiger partial charge is 0.461 e. The lowest BCUT2D eigenvalue weighted by Gasteiger charge is -2.57. The van der Waals surface area contributed by atoms with E-state index in [0.717, 1.165) is 34.2 Å². The van der Waals surface area contributed by atoms with Gasteiger partial charge in [0.05, 0.1) is 49.4 Å². The number of hydrogen-bond acceptors (Lipinski definition) is 11. The molecule has 2 aromatic carbocycles. The van der Waals surface area contributed by atoms with Gasteiger partial charge in [-0.15, -0.1) is 22.7 Å². The highest BCUT2D eigenvalue weighted by molar-refractivity contribution is 8.35. The molecule has 4 aromatic rings. The van der Waals surface area contributed by atoms with Gasteiger partial charge in [-0.1, -0.05) is 0 Å². The number of nitrogens with two attached hydrogens (primary N) is 1. The molecule has 323 valence electrons. The fourth-order valence-electron chi connectivity index (χ4n) is 10.9. The highest BCUT2D eigenvalue weighted by Crippen LogP contribution is 2.24. The summed E-state index contributed by atoms with van der Waals surface area (Å²) < 4.78 is 7.13. The maximum atomic E-state index is 11.3. The van der Waals surface area contributed by atoms with E-state index in [4.69, 9.17) is 217 Å². The second-order valence-electron chi connectivity index (χ2n) is 20.1. The molecule has 0 bridgehead atoms. The SMILES string of the molecule is CCO.CCOC(=O)/C(C)=N\Nc1ccc2scnc2c1.NNc1ccc2scnc2c1.[B][B]B([B])B(B(B([B])[B])B([B])[B])B(B(B([B])[B])B([B])[B])B(B(B(B([B])[B])B([B])[B])B(B([B])[B])B([B])[B])B(B(B([B])[B])B([B])[B])B(B([B])[B])B([B])[B]. The summed E-state index contributed by atoms with van der Waals surface area (Å²) in [5, 5.41) is 11.5. The van der Waals surface area contributed by atoms with Gasteiger partial charge in [-0.3, -0.25) is 11.3 Å². The summed E-state index contributed by atoms with van der Waals surface area (Å²) in [7, 11) is 169. The summed E-state index contributed by atoms with van der Waals surface area (Å²) in [5.41, 5.74) is 12.9. The normalized spacial score (nSPS) is 10.0. The van der Waals surface area contributed by atoms with Crippen LogP contribution in [0.4, 0.5) is 11.4 Å². The van der Waals surface area contributed by atoms with Crippen molar-refractivity contribution in [1.82, 2.24) is 9.97 Å². The number of esters is 1. The first-order chi connectivity index (χ1) is 38.7. The van der Waals surface area contributed by atoms with E-state index in [1.54, 1.807) is 49.0 Å². The number of rotatable bonds is 29. The molecule has 4 rings (SSSR count). The maximum absolute atomic E-state index is 11.3. The number of hydrazone groups is 1. The van der Waals surface area contributed by atoms with Gasteiger partial charge in [-0.2, -0.15) is 5.10 Å². The number of hydrazine groups is 1. The molecular formula is C21H26B51N6O3S2. The summed E-state index contributed by atoms with van der Waals surface area (Å²) >= 11 is 3.21. The Morgan fingerprint density at radius 3 is 1.08 bits per heavy atom. The third-order valence-electron chi connectivity index (χ3n) is 14.2. The number of thiazole rings is 2. The third-order valence-corrected chi connectivity index (χ3v) is 15.8. The molecule has 0 amide bonds. The standard InChI is InChI=1S/C12H13N3O2S.C7H7N3S.C2H6O.B51/c1-3-17-12(16)8(2)14-15-9-4-5-11-10(6-9)13-7-18-11;8-10-5-1-2-7-6(3-5)9-4-11-7;1-2-3;1-27-40(26)47(41(28(2)3)29(4)5)50(46(38(22)23)39(24)25)51(48(42(30(6)7)31(8)9)43(32(10)11)33(12)13)49(44(34(14)15)35(16)17)45(36(18)19)37(20)21/h4-7,15H,3H2,1-2H3;1-4,10H,8H2;3H,2H2,1H3;/b14-8-;;;. The predicted octanol–water partition coefficient (Wildman–Crippen LogP) is -15.2. The van der Waals surface area contributed by atoms with Gasteiger partial charge in [0, 0.05) is 368 Å². The highest BCUT2D eigenvalue weighted by atomic mass is 32.1. The molecule has 0 atom stereocenters. The number of nitrogens with zero attached hydrogens (tertiary/aromatic N) is 3. The topological polar surface area (TPSA) is 135 Å². The van der Waals surface area contributed by atoms with Crippen molar-refractivity contribution in [2.45, 2.75) is 20.8 Å². The number of carbonyl (C=O) groups is 1. The number of carbonyl (C=O) groups excluding carboxylic acids is 1. The lowest BCUT2D eigenvalue weighted by molar-refractivity contribution is -0.135. The molecule has 0 fully saturated rings. The van der Waals surface area contributed by atoms with Crippen LogP contribution in [0.2, 0.25) is 0 Å². The molecule has 9 nitrogen and oxygen atoms in total. The van der Waals surface area contributed by atoms with Gasteiger partial charge in [0.1, 0.15) is 5.71 Å². The van der Waals surface area contributed by atoms with Crippen molar-refractivity contribution in [1.29, 1.82) is 0 Å². The van der Waals surface area contributed by atoms with E-state index in [0.29, 0.717) is 6.61 Å². The fraction of sp³-hybridized carbons (Fsp3) is 0.238. The van der Waals surface area contributed by atoms with Crippen LogP contribution in [0.1, 0.15) is 20.8 Å². The molecule has 5 N–H and O–H groups in total. The van der Waals surface area contributed by atoms with Gasteiger partial charge in [0.25, 0.3) is 0 Å². The van der Waals surface area contributed by atoms with Gasteiger partial charge in [0.2, 0.25) is 0 Å². The highest BCUT2D eigenvalue weighted by Gasteiger charge is 2.60. The van der Waals surface area contributed by atoms with Crippen molar-refractivity contribution in [2.75, 3.05) is 24.1 Å². The van der Waals surface area contributed by atoms with Crippen molar-refractivity contribution in [3.05, 3.63) is 47.4 Å². The first kappa shape index (κ1) is 81.2. The molecule has 0 aliphatic heterocycles. The lowest BCUT2D eigenvalue weighted by Crippen LogP contribution is -2.95. The van der Waals surface area contributed by atoms with E-state index in [1.165, 1.54) is 4.70 Å². The molecule has 0 aliphatic rings. The van der Waals surface area contributed by atoms with E-state index in [9.17, 15) is 4.79 Å². The Morgan fingerprint density at radius 1 is 0.518 bits per heavy atom. The zero-order chi connectivity index (χ0) is 63.9. The van der Waals surface area contributed by atoms with Gasteiger partial charge in [0.15, 0.2) is 0 Å². The second-order valence-corrected chi connectivity index (χ2v) is 21.9. The summed E-state index contributed by atoms with van der Waals surface area (Å²) in [6, 6.07) is 11.6. The summed E-state index contributed by atoms with van der Waals surface area (Å²) in [6.07, 6.45) is -30.7. The Balaban J connectivity index is 0.000000849. The number of aliphatic hydroxyl groups is 1. The number of hydrogen-bond donors (Lipinski definition) is 4. The minimum atomic E-state index is -1.36. The van der Waals surface area contributed by atoms with E-state index in [-0.39, 0.29) is 12.3 Å². The van der Waals surface area contributed by atoms with Crippen LogP contribution in [0.3, 0.4) is 0 Å². The van der Waals surface area contributed by atoms with Crippen LogP contribution < -0.4 is 16.7 Å². The van der Waals surface area contributed by atoms with E-state index in [2.05, 4.69) is 25.9 Å². The Kier molecular flexibility index (Phi) is 39.9. The first-order valence-corrected chi connectivity index (χ1v) is 28.2. The van der Waals surface area contributed by atoms with Gasteiger partial charge in [-0.25, -0.2) is 14.8 Å². The van der Waals surface area contributed by atoms with Gasteiger partial charge in [-0.05, 0) is 57.2 Å². The smallest absolute Gasteiger partial charge is 0.354 e. The zero-order valence-electron chi connectivity index (χ0n) is 47.5. The van der Waals surface area contributed by atoms with E-state index < -0.39 is 159 Å². The van der Waals surface area contributed by atoms with Crippen molar-refractivity contribution in [3.63, 3.8) is 0 Å². The van der Waals surface area contributed by atoms with Crippen LogP contribution in [-0.2, 0) is 9.53 Å². The maximum Gasteiger partial charge on any atom is 0.354 e. The second kappa shape index (κ2) is 40.8. The molecule has 53 radical (unpaired) electrons. The summed E-state index contributed by atoms with van der Waals surface area (Å²) in [4.78, 5) is 19.7. The zero-order valence-corrected chi connectivity index (χ0v) is 49.1. The number of nitrogens with one attached hydrogen (secondary N) is 2. The molecule has 0 aliphatic carbocycles. The predicted molar refractivity (Wildman–Crippen MR) is 427 cm³/mol. The minimum Gasteiger partial charge on any atom is -0.461 e. The number of aliphatic hydroxyl groups excluding tert-OH is 1.